The second kappa shape index (κ2) is 10.0. The van der Waals surface area contributed by atoms with Crippen LogP contribution < -0.4 is 4.74 Å². The van der Waals surface area contributed by atoms with Crippen molar-refractivity contribution >= 4 is 11.5 Å². The molecule has 1 aliphatic carbocycles. The number of aryl methyl sites for hydroxylation is 1. The molecule has 6 nitrogen and oxygen atoms in total. The molecule has 2 aliphatic rings. The Bertz CT molecular complexity index is 1330. The number of aliphatic carboxylic acids is 1. The first-order valence-electron chi connectivity index (χ1n) is 12.3. The van der Waals surface area contributed by atoms with Crippen molar-refractivity contribution in [1.29, 1.82) is 0 Å². The summed E-state index contributed by atoms with van der Waals surface area (Å²) in [5.74, 6) is -0.396. The number of halogens is 3. The molecular formula is C28H28F3N3O3. The van der Waals surface area contributed by atoms with Gasteiger partial charge in [-0.1, -0.05) is 17.7 Å². The van der Waals surface area contributed by atoms with Gasteiger partial charge < -0.3 is 9.84 Å². The Kier molecular flexibility index (Phi) is 6.81. The van der Waals surface area contributed by atoms with Gasteiger partial charge in [0.15, 0.2) is 0 Å². The summed E-state index contributed by atoms with van der Waals surface area (Å²) in [6, 6.07) is 11.5. The normalized spacial score (nSPS) is 18.2. The number of hydrogen-bond donors (Lipinski definition) is 1. The number of rotatable bonds is 7. The lowest BCUT2D eigenvalue weighted by Crippen LogP contribution is -2.26. The number of ether oxygens (including phenoxy) is 1. The van der Waals surface area contributed by atoms with Crippen LogP contribution >= 0.6 is 0 Å². The minimum absolute atomic E-state index is 0.0149. The topological polar surface area (TPSA) is 67.6 Å². The standard InChI is InChI=1S/C28H28F3N3O3/c1-18-21(15-33-12-9-22(16-33)27(35)36)5-4-20-14-23(6-7-24(18)20)37-17-19-3-8-26(34-11-2-10-32-34)25(13-19)28(29,30)31/h2-3,6-8,10-11,13-14,22H,4-5,9,12,15-17H2,1H3,(H,35,36). The van der Waals surface area contributed by atoms with Gasteiger partial charge in [-0.3, -0.25) is 9.69 Å². The van der Waals surface area contributed by atoms with E-state index in [1.165, 1.54) is 34.3 Å². The largest absolute Gasteiger partial charge is 0.489 e. The van der Waals surface area contributed by atoms with Gasteiger partial charge in [0.2, 0.25) is 0 Å². The zero-order chi connectivity index (χ0) is 26.2. The number of carboxylic acids is 1. The summed E-state index contributed by atoms with van der Waals surface area (Å²) in [7, 11) is 0. The van der Waals surface area contributed by atoms with Crippen molar-refractivity contribution < 1.29 is 27.8 Å². The van der Waals surface area contributed by atoms with Crippen molar-refractivity contribution in [2.45, 2.75) is 39.0 Å². The van der Waals surface area contributed by atoms with E-state index in [9.17, 15) is 23.1 Å². The summed E-state index contributed by atoms with van der Waals surface area (Å²) in [6.45, 7) is 4.28. The number of nitrogens with zero attached hydrogens (tertiary/aromatic N) is 3. The van der Waals surface area contributed by atoms with Gasteiger partial charge in [0.05, 0.1) is 17.2 Å². The summed E-state index contributed by atoms with van der Waals surface area (Å²) in [5.41, 5.74) is 4.45. The fourth-order valence-electron chi connectivity index (χ4n) is 5.22. The molecule has 3 aromatic rings. The predicted molar refractivity (Wildman–Crippen MR) is 132 cm³/mol. The van der Waals surface area contributed by atoms with Crippen LogP contribution in [0.4, 0.5) is 13.2 Å². The molecule has 2 heterocycles. The highest BCUT2D eigenvalue weighted by atomic mass is 19.4. The molecule has 0 spiro atoms. The quantitative estimate of drug-likeness (QED) is 0.448. The first-order valence-corrected chi connectivity index (χ1v) is 12.3. The average molecular weight is 512 g/mol. The number of alkyl halides is 3. The van der Waals surface area contributed by atoms with Gasteiger partial charge in [-0.25, -0.2) is 4.68 Å². The van der Waals surface area contributed by atoms with Crippen LogP contribution in [0.15, 0.2) is 60.4 Å². The summed E-state index contributed by atoms with van der Waals surface area (Å²) in [4.78, 5) is 13.5. The molecule has 1 aliphatic heterocycles. The first-order chi connectivity index (χ1) is 17.7. The van der Waals surface area contributed by atoms with E-state index in [2.05, 4.69) is 16.9 Å². The Morgan fingerprint density at radius 1 is 1.19 bits per heavy atom. The van der Waals surface area contributed by atoms with Gasteiger partial charge in [-0.05, 0) is 85.3 Å². The van der Waals surface area contributed by atoms with Gasteiger partial charge in [0.1, 0.15) is 12.4 Å². The third kappa shape index (κ3) is 5.41. The maximum Gasteiger partial charge on any atom is 0.418 e. The van der Waals surface area contributed by atoms with Crippen LogP contribution in [0.5, 0.6) is 5.75 Å². The lowest BCUT2D eigenvalue weighted by atomic mass is 9.86. The third-order valence-electron chi connectivity index (χ3n) is 7.27. The minimum atomic E-state index is -4.52. The fraction of sp³-hybridized carbons (Fsp3) is 0.357. The second-order valence-electron chi connectivity index (χ2n) is 9.70. The molecule has 9 heteroatoms. The molecule has 37 heavy (non-hydrogen) atoms. The molecule has 0 saturated carbocycles. The van der Waals surface area contributed by atoms with Crippen molar-refractivity contribution in [2.75, 3.05) is 19.6 Å². The summed E-state index contributed by atoms with van der Waals surface area (Å²) < 4.78 is 48.2. The third-order valence-corrected chi connectivity index (χ3v) is 7.27. The van der Waals surface area contributed by atoms with Crippen molar-refractivity contribution in [3.63, 3.8) is 0 Å². The van der Waals surface area contributed by atoms with E-state index in [4.69, 9.17) is 4.74 Å². The Labute approximate surface area is 213 Å². The molecule has 1 fully saturated rings. The monoisotopic (exact) mass is 511 g/mol. The number of aromatic nitrogens is 2. The van der Waals surface area contributed by atoms with Crippen LogP contribution in [0.25, 0.3) is 11.3 Å². The van der Waals surface area contributed by atoms with Crippen LogP contribution in [-0.4, -0.2) is 45.4 Å². The first kappa shape index (κ1) is 25.1. The van der Waals surface area contributed by atoms with Crippen LogP contribution in [0.3, 0.4) is 0 Å². The molecular weight excluding hydrogens is 483 g/mol. The van der Waals surface area contributed by atoms with Crippen molar-refractivity contribution in [3.8, 4) is 11.4 Å². The van der Waals surface area contributed by atoms with Crippen molar-refractivity contribution in [2.24, 2.45) is 5.92 Å². The predicted octanol–water partition coefficient (Wildman–Crippen LogP) is 5.60. The van der Waals surface area contributed by atoms with Crippen LogP contribution in [0.1, 0.15) is 42.0 Å². The Hall–Kier alpha value is -3.59. The van der Waals surface area contributed by atoms with E-state index in [0.29, 0.717) is 24.3 Å². The van der Waals surface area contributed by atoms with E-state index in [0.717, 1.165) is 43.1 Å². The smallest absolute Gasteiger partial charge is 0.418 e. The van der Waals surface area contributed by atoms with Crippen LogP contribution in [0, 0.1) is 5.92 Å². The zero-order valence-corrected chi connectivity index (χ0v) is 20.5. The van der Waals surface area contributed by atoms with Gasteiger partial charge in [0.25, 0.3) is 0 Å². The number of allylic oxidation sites excluding steroid dienone is 1. The molecule has 0 bridgehead atoms. The van der Waals surface area contributed by atoms with Gasteiger partial charge in [-0.2, -0.15) is 18.3 Å². The molecule has 1 N–H and O–H groups in total. The highest BCUT2D eigenvalue weighted by Crippen LogP contribution is 2.36. The summed E-state index contributed by atoms with van der Waals surface area (Å²) in [6.07, 6.45) is 0.818. The average Bonchev–Trinajstić information content (AvgIpc) is 3.57. The second-order valence-corrected chi connectivity index (χ2v) is 9.70. The van der Waals surface area contributed by atoms with Gasteiger partial charge >= 0.3 is 12.1 Å². The number of hydrogen-bond acceptors (Lipinski definition) is 4. The van der Waals surface area contributed by atoms with Crippen LogP contribution in [0.2, 0.25) is 0 Å². The molecule has 0 amide bonds. The van der Waals surface area contributed by atoms with Crippen molar-refractivity contribution in [1.82, 2.24) is 14.7 Å². The van der Waals surface area contributed by atoms with E-state index in [1.54, 1.807) is 12.1 Å². The number of carboxylic acid groups (broad SMARTS) is 1. The molecule has 1 saturated heterocycles. The highest BCUT2D eigenvalue weighted by Gasteiger charge is 2.34. The van der Waals surface area contributed by atoms with Gasteiger partial charge in [-0.15, -0.1) is 0 Å². The molecule has 194 valence electrons. The Balaban J connectivity index is 1.28. The van der Waals surface area contributed by atoms with E-state index in [-0.39, 0.29) is 18.2 Å². The van der Waals surface area contributed by atoms with E-state index >= 15 is 0 Å². The number of likely N-dealkylation sites (tertiary alicyclic amines) is 1. The summed E-state index contributed by atoms with van der Waals surface area (Å²) in [5, 5.41) is 13.2. The maximum absolute atomic E-state index is 13.7. The lowest BCUT2D eigenvalue weighted by Gasteiger charge is -2.25. The summed E-state index contributed by atoms with van der Waals surface area (Å²) >= 11 is 0. The van der Waals surface area contributed by atoms with E-state index < -0.39 is 17.7 Å². The number of carbonyl (C=O) groups is 1. The molecule has 5 rings (SSSR count). The molecule has 1 aromatic heterocycles. The Morgan fingerprint density at radius 2 is 2.03 bits per heavy atom. The molecule has 1 atom stereocenters. The Morgan fingerprint density at radius 3 is 2.73 bits per heavy atom. The number of benzene rings is 2. The SMILES string of the molecule is CC1=C(CN2CCC(C(=O)O)C2)CCc2cc(OCc3ccc(-n4cccn4)c(C(F)(F)F)c3)ccc21. The number of fused-ring (bicyclic) bond motifs is 1. The highest BCUT2D eigenvalue weighted by molar-refractivity contribution is 5.73. The maximum atomic E-state index is 13.7. The van der Waals surface area contributed by atoms with Crippen molar-refractivity contribution in [3.05, 3.63) is 82.7 Å². The molecule has 1 unspecified atom stereocenters. The van der Waals surface area contributed by atoms with Crippen LogP contribution in [-0.2, 0) is 24.0 Å². The fourth-order valence-corrected chi connectivity index (χ4v) is 5.22. The lowest BCUT2D eigenvalue weighted by molar-refractivity contribution is -0.141. The zero-order valence-electron chi connectivity index (χ0n) is 20.5. The molecule has 0 radical (unpaired) electrons. The molecule has 2 aromatic carbocycles. The van der Waals surface area contributed by atoms with Gasteiger partial charge in [0, 0.05) is 25.5 Å². The minimum Gasteiger partial charge on any atom is -0.489 e. The van der Waals surface area contributed by atoms with E-state index in [1.807, 2.05) is 18.2 Å².